The van der Waals surface area contributed by atoms with Crippen LogP contribution in [0.1, 0.15) is 12.8 Å². The van der Waals surface area contributed by atoms with Gasteiger partial charge in [-0.25, -0.2) is 9.59 Å². The zero-order valence-electron chi connectivity index (χ0n) is 8.67. The van der Waals surface area contributed by atoms with Crippen LogP contribution < -0.4 is 11.5 Å². The Labute approximate surface area is 92.6 Å². The topological polar surface area (TPSA) is 105 Å². The first-order chi connectivity index (χ1) is 7.58. The Morgan fingerprint density at radius 3 is 1.56 bits per heavy atom. The molecule has 6 nitrogen and oxygen atoms in total. The second-order valence-electron chi connectivity index (χ2n) is 4.09. The van der Waals surface area contributed by atoms with Gasteiger partial charge in [0.2, 0.25) is 0 Å². The molecule has 0 aliphatic heterocycles. The smallest absolute Gasteiger partial charge is 0.404 e. The van der Waals surface area contributed by atoms with Gasteiger partial charge < -0.3 is 20.9 Å². The average molecular weight is 226 g/mol. The van der Waals surface area contributed by atoms with Crippen LogP contribution >= 0.6 is 0 Å². The van der Waals surface area contributed by atoms with Crippen molar-refractivity contribution >= 4 is 12.2 Å². The molecular weight excluding hydrogens is 212 g/mol. The summed E-state index contributed by atoms with van der Waals surface area (Å²) in [5.74, 6) is 0.115. The molecule has 0 spiro atoms. The van der Waals surface area contributed by atoms with Crippen LogP contribution in [0.4, 0.5) is 9.59 Å². The average Bonchev–Trinajstić information content (AvgIpc) is 2.22. The molecule has 3 aliphatic carbocycles. The van der Waals surface area contributed by atoms with Crippen LogP contribution in [0.2, 0.25) is 0 Å². The fourth-order valence-corrected chi connectivity index (χ4v) is 2.47. The predicted octanol–water partition coefficient (Wildman–Crippen LogP) is 0.510. The van der Waals surface area contributed by atoms with E-state index < -0.39 is 24.4 Å². The summed E-state index contributed by atoms with van der Waals surface area (Å²) in [4.78, 5) is 21.6. The lowest BCUT2D eigenvalue weighted by atomic mass is 9.72. The zero-order chi connectivity index (χ0) is 11.7. The van der Waals surface area contributed by atoms with Gasteiger partial charge in [0.25, 0.3) is 0 Å². The van der Waals surface area contributed by atoms with E-state index >= 15 is 0 Å². The molecule has 0 radical (unpaired) electrons. The molecular formula is C10H14N2O4. The molecule has 4 atom stereocenters. The van der Waals surface area contributed by atoms with E-state index in [2.05, 4.69) is 0 Å². The maximum absolute atomic E-state index is 10.8. The van der Waals surface area contributed by atoms with Gasteiger partial charge in [0.05, 0.1) is 0 Å². The Hall–Kier alpha value is -1.72. The molecule has 0 saturated heterocycles. The van der Waals surface area contributed by atoms with Crippen molar-refractivity contribution in [1.29, 1.82) is 0 Å². The first-order valence-corrected chi connectivity index (χ1v) is 5.18. The van der Waals surface area contributed by atoms with Crippen LogP contribution in [0.3, 0.4) is 0 Å². The first kappa shape index (κ1) is 10.8. The summed E-state index contributed by atoms with van der Waals surface area (Å²) in [6, 6.07) is 0. The Morgan fingerprint density at radius 2 is 1.31 bits per heavy atom. The summed E-state index contributed by atoms with van der Waals surface area (Å²) in [7, 11) is 0. The number of carbonyl (C=O) groups is 2. The normalized spacial score (nSPS) is 35.8. The molecule has 0 aromatic heterocycles. The van der Waals surface area contributed by atoms with Crippen molar-refractivity contribution in [3.8, 4) is 0 Å². The number of hydrogen-bond acceptors (Lipinski definition) is 4. The molecule has 6 heteroatoms. The number of ether oxygens (including phenoxy) is 2. The number of primary amides is 2. The Morgan fingerprint density at radius 1 is 0.938 bits per heavy atom. The van der Waals surface area contributed by atoms with E-state index in [-0.39, 0.29) is 11.8 Å². The van der Waals surface area contributed by atoms with Gasteiger partial charge in [-0.1, -0.05) is 12.2 Å². The molecule has 0 aromatic carbocycles. The molecule has 3 rings (SSSR count). The van der Waals surface area contributed by atoms with Crippen molar-refractivity contribution in [3.63, 3.8) is 0 Å². The van der Waals surface area contributed by atoms with Gasteiger partial charge >= 0.3 is 12.2 Å². The van der Waals surface area contributed by atoms with Crippen LogP contribution in [-0.2, 0) is 9.47 Å². The lowest BCUT2D eigenvalue weighted by Gasteiger charge is -2.42. The summed E-state index contributed by atoms with van der Waals surface area (Å²) in [5, 5.41) is 0. The largest absolute Gasteiger partial charge is 0.442 e. The number of carbonyl (C=O) groups excluding carboxylic acids is 2. The summed E-state index contributed by atoms with van der Waals surface area (Å²) >= 11 is 0. The van der Waals surface area contributed by atoms with Crippen molar-refractivity contribution in [3.05, 3.63) is 12.2 Å². The first-order valence-electron chi connectivity index (χ1n) is 5.18. The monoisotopic (exact) mass is 226 g/mol. The van der Waals surface area contributed by atoms with E-state index in [1.165, 1.54) is 0 Å². The van der Waals surface area contributed by atoms with E-state index in [0.717, 1.165) is 12.8 Å². The number of nitrogens with two attached hydrogens (primary N) is 2. The molecule has 2 amide bonds. The highest BCUT2D eigenvalue weighted by Crippen LogP contribution is 2.39. The number of rotatable bonds is 2. The molecule has 2 bridgehead atoms. The Bertz CT molecular complexity index is 310. The quantitative estimate of drug-likeness (QED) is 0.669. The van der Waals surface area contributed by atoms with Gasteiger partial charge in [0.15, 0.2) is 0 Å². The summed E-state index contributed by atoms with van der Waals surface area (Å²) in [6.45, 7) is 0. The molecule has 0 heterocycles. The summed E-state index contributed by atoms with van der Waals surface area (Å²) in [5.41, 5.74) is 9.98. The SMILES string of the molecule is NC(=O)OC1C2C=CC(CC2)C1OC(N)=O. The minimum atomic E-state index is -0.857. The van der Waals surface area contributed by atoms with Crippen molar-refractivity contribution < 1.29 is 19.1 Å². The molecule has 3 aliphatic rings. The molecule has 1 saturated carbocycles. The van der Waals surface area contributed by atoms with Gasteiger partial charge in [0.1, 0.15) is 12.2 Å². The summed E-state index contributed by atoms with van der Waals surface area (Å²) < 4.78 is 9.99. The van der Waals surface area contributed by atoms with E-state index in [9.17, 15) is 9.59 Å². The van der Waals surface area contributed by atoms with Crippen molar-refractivity contribution in [2.75, 3.05) is 0 Å². The second kappa shape index (κ2) is 4.03. The highest BCUT2D eigenvalue weighted by molar-refractivity contribution is 5.66. The number of amides is 2. The van der Waals surface area contributed by atoms with Gasteiger partial charge in [-0.2, -0.15) is 0 Å². The van der Waals surface area contributed by atoms with E-state index in [0.29, 0.717) is 0 Å². The molecule has 0 aromatic rings. The molecule has 88 valence electrons. The second-order valence-corrected chi connectivity index (χ2v) is 4.09. The Balaban J connectivity index is 2.15. The standard InChI is InChI=1S/C10H14N2O4/c11-9(13)15-7-5-1-2-6(4-3-5)8(7)16-10(12)14/h1-2,5-8H,3-4H2,(H2,11,13)(H2,12,14). The fraction of sp³-hybridized carbons (Fsp3) is 0.600. The van der Waals surface area contributed by atoms with Gasteiger partial charge in [0, 0.05) is 11.8 Å². The predicted molar refractivity (Wildman–Crippen MR) is 54.3 cm³/mol. The van der Waals surface area contributed by atoms with Crippen LogP contribution in [0.15, 0.2) is 12.2 Å². The highest BCUT2D eigenvalue weighted by Gasteiger charge is 2.45. The number of hydrogen-bond donors (Lipinski definition) is 2. The van der Waals surface area contributed by atoms with E-state index in [4.69, 9.17) is 20.9 Å². The van der Waals surface area contributed by atoms with Crippen LogP contribution in [0.25, 0.3) is 0 Å². The third kappa shape index (κ3) is 1.95. The molecule has 4 unspecified atom stereocenters. The maximum atomic E-state index is 10.8. The minimum Gasteiger partial charge on any atom is -0.442 e. The van der Waals surface area contributed by atoms with Crippen LogP contribution in [0, 0.1) is 11.8 Å². The van der Waals surface area contributed by atoms with Gasteiger partial charge in [-0.15, -0.1) is 0 Å². The maximum Gasteiger partial charge on any atom is 0.404 e. The highest BCUT2D eigenvalue weighted by atomic mass is 16.6. The minimum absolute atomic E-state index is 0.0573. The number of fused-ring (bicyclic) bond motifs is 2. The van der Waals surface area contributed by atoms with Crippen molar-refractivity contribution in [2.24, 2.45) is 23.3 Å². The molecule has 16 heavy (non-hydrogen) atoms. The molecule has 1 fully saturated rings. The van der Waals surface area contributed by atoms with E-state index in [1.54, 1.807) is 0 Å². The van der Waals surface area contributed by atoms with Crippen LogP contribution in [-0.4, -0.2) is 24.4 Å². The zero-order valence-corrected chi connectivity index (χ0v) is 8.67. The Kier molecular flexibility index (Phi) is 2.72. The third-order valence-corrected chi connectivity index (χ3v) is 3.11. The van der Waals surface area contributed by atoms with Crippen molar-refractivity contribution in [1.82, 2.24) is 0 Å². The lowest BCUT2D eigenvalue weighted by molar-refractivity contribution is -0.0693. The third-order valence-electron chi connectivity index (χ3n) is 3.11. The van der Waals surface area contributed by atoms with E-state index in [1.807, 2.05) is 12.2 Å². The molecule has 4 N–H and O–H groups in total. The van der Waals surface area contributed by atoms with Gasteiger partial charge in [-0.3, -0.25) is 0 Å². The van der Waals surface area contributed by atoms with Gasteiger partial charge in [-0.05, 0) is 12.8 Å². The van der Waals surface area contributed by atoms with Crippen LogP contribution in [0.5, 0.6) is 0 Å². The lowest BCUT2D eigenvalue weighted by Crippen LogP contribution is -2.51. The fourth-order valence-electron chi connectivity index (χ4n) is 2.47. The van der Waals surface area contributed by atoms with Crippen molar-refractivity contribution in [2.45, 2.75) is 25.0 Å². The summed E-state index contributed by atoms with van der Waals surface area (Å²) in [6.07, 6.45) is 3.02.